The summed E-state index contributed by atoms with van der Waals surface area (Å²) < 4.78 is 38.7. The van der Waals surface area contributed by atoms with Crippen LogP contribution < -0.4 is 15.4 Å². The second kappa shape index (κ2) is 13.8. The highest BCUT2D eigenvalue weighted by Gasteiger charge is 2.63. The number of amides is 5. The summed E-state index contributed by atoms with van der Waals surface area (Å²) in [4.78, 5) is 71.4. The van der Waals surface area contributed by atoms with Gasteiger partial charge in [-0.25, -0.2) is 18.0 Å². The van der Waals surface area contributed by atoms with Gasteiger partial charge in [-0.3, -0.25) is 24.0 Å². The molecular weight excluding hydrogens is 678 g/mol. The van der Waals surface area contributed by atoms with Gasteiger partial charge in [-0.2, -0.15) is 0 Å². The number of allylic oxidation sites excluding steroid dienone is 1. The van der Waals surface area contributed by atoms with Crippen LogP contribution in [0.5, 0.6) is 0 Å². The van der Waals surface area contributed by atoms with E-state index in [-0.39, 0.29) is 25.8 Å². The third-order valence-electron chi connectivity index (χ3n) is 10.5. The Bertz CT molecular complexity index is 1690. The number of rotatable bonds is 5. The molecule has 1 saturated heterocycles. The van der Waals surface area contributed by atoms with Gasteiger partial charge in [-0.05, 0) is 77.3 Å². The smallest absolute Gasteiger partial charge is 0.410 e. The van der Waals surface area contributed by atoms with Crippen LogP contribution in [0.4, 0.5) is 9.59 Å². The van der Waals surface area contributed by atoms with E-state index in [0.29, 0.717) is 38.8 Å². The first-order valence-corrected chi connectivity index (χ1v) is 19.4. The molecule has 5 atom stereocenters. The van der Waals surface area contributed by atoms with E-state index >= 15 is 0 Å². The molecule has 2 saturated carbocycles. The molecule has 0 bridgehead atoms. The summed E-state index contributed by atoms with van der Waals surface area (Å²) in [6.45, 7) is 7.32. The molecule has 15 heteroatoms. The Morgan fingerprint density at radius 3 is 2.35 bits per heavy atom. The number of ether oxygens (including phenoxy) is 2. The van der Waals surface area contributed by atoms with Crippen LogP contribution >= 0.6 is 0 Å². The molecule has 3 aliphatic heterocycles. The van der Waals surface area contributed by atoms with Crippen LogP contribution in [0.3, 0.4) is 0 Å². The molecule has 278 valence electrons. The van der Waals surface area contributed by atoms with Crippen LogP contribution in [-0.4, -0.2) is 88.7 Å². The summed E-state index contributed by atoms with van der Waals surface area (Å²) >= 11 is 0. The summed E-state index contributed by atoms with van der Waals surface area (Å²) in [6, 6.07) is 5.48. The van der Waals surface area contributed by atoms with Gasteiger partial charge in [0.25, 0.3) is 5.91 Å². The number of alkyl carbamates (subject to hydrolysis) is 1. The summed E-state index contributed by atoms with van der Waals surface area (Å²) in [7, 11) is -3.99. The lowest BCUT2D eigenvalue weighted by Crippen LogP contribution is -2.58. The molecule has 5 amide bonds. The highest BCUT2D eigenvalue weighted by atomic mass is 32.2. The first kappa shape index (κ1) is 36.6. The minimum Gasteiger partial charge on any atom is -0.444 e. The van der Waals surface area contributed by atoms with Crippen molar-refractivity contribution < 1.29 is 41.9 Å². The van der Waals surface area contributed by atoms with Crippen LogP contribution in [0.1, 0.15) is 96.6 Å². The van der Waals surface area contributed by atoms with E-state index in [4.69, 9.17) is 9.47 Å². The van der Waals surface area contributed by atoms with Gasteiger partial charge in [0.05, 0.1) is 11.3 Å². The Morgan fingerprint density at radius 1 is 1.02 bits per heavy atom. The molecule has 3 heterocycles. The Labute approximate surface area is 299 Å². The van der Waals surface area contributed by atoms with Crippen LogP contribution in [0.2, 0.25) is 0 Å². The molecule has 0 spiro atoms. The molecule has 2 aliphatic carbocycles. The molecule has 1 aromatic carbocycles. The SMILES string of the molecule is CC(C)(C)OC(=O)N[C@H]1CCCCC/C=C\[C@H]2C[C@@]2(C(=O)NS(=O)(=O)C2(C)CC2)NC(=O)[C@@H]2C[C@@H](OC(=O)N3Cc4ccccc4C3)CN2C1=O. The molecular formula is C36H49N5O9S. The summed E-state index contributed by atoms with van der Waals surface area (Å²) in [6.07, 6.45) is 5.62. The third kappa shape index (κ3) is 8.02. The number of benzene rings is 1. The molecule has 3 fully saturated rings. The topological polar surface area (TPSA) is 181 Å². The molecule has 0 radical (unpaired) electrons. The average Bonchev–Trinajstić information content (AvgIpc) is 3.84. The lowest BCUT2D eigenvalue weighted by atomic mass is 10.0. The standard InChI is InChI=1S/C36H49N5O9S/c1-34(2,3)50-32(45)37-27-15-9-7-5-6-8-14-25-19-36(25,31(44)39-51(47,48)35(4)16-17-35)38-29(42)28-18-26(22-41(28)30(27)43)49-33(46)40-20-23-12-10-11-13-24(23)21-40/h8,10-14,25-28H,5-7,9,15-22H2,1-4H3,(H,37,45)(H,38,42)(H,39,44)/b14-8-/t25-,26+,27-,28-,36+/m0/s1. The van der Waals surface area contributed by atoms with Gasteiger partial charge in [-0.15, -0.1) is 0 Å². The van der Waals surface area contributed by atoms with Crippen LogP contribution in [0, 0.1) is 5.92 Å². The Morgan fingerprint density at radius 2 is 1.71 bits per heavy atom. The fraction of sp³-hybridized carbons (Fsp3) is 0.639. The maximum Gasteiger partial charge on any atom is 0.410 e. The van der Waals surface area contributed by atoms with Gasteiger partial charge in [0.1, 0.15) is 29.3 Å². The number of sulfonamides is 1. The second-order valence-electron chi connectivity index (χ2n) is 15.8. The van der Waals surface area contributed by atoms with Gasteiger partial charge >= 0.3 is 12.2 Å². The summed E-state index contributed by atoms with van der Waals surface area (Å²) in [5, 5.41) is 5.53. The van der Waals surface area contributed by atoms with Gasteiger partial charge in [-0.1, -0.05) is 49.3 Å². The number of carbonyl (C=O) groups excluding carboxylic acids is 5. The third-order valence-corrected chi connectivity index (χ3v) is 12.7. The highest BCUT2D eigenvalue weighted by molar-refractivity contribution is 7.91. The van der Waals surface area contributed by atoms with Crippen molar-refractivity contribution in [1.82, 2.24) is 25.2 Å². The molecule has 51 heavy (non-hydrogen) atoms. The zero-order valence-electron chi connectivity index (χ0n) is 29.7. The first-order valence-electron chi connectivity index (χ1n) is 17.9. The van der Waals surface area contributed by atoms with E-state index in [1.165, 1.54) is 4.90 Å². The Balaban J connectivity index is 1.25. The number of carbonyl (C=O) groups is 5. The molecule has 0 unspecified atom stereocenters. The molecule has 5 aliphatic rings. The van der Waals surface area contributed by atoms with Crippen molar-refractivity contribution in [2.24, 2.45) is 5.92 Å². The lowest BCUT2D eigenvalue weighted by molar-refractivity contribution is -0.141. The first-order chi connectivity index (χ1) is 24.0. The highest BCUT2D eigenvalue weighted by Crippen LogP contribution is 2.47. The predicted octanol–water partition coefficient (Wildman–Crippen LogP) is 3.40. The fourth-order valence-electron chi connectivity index (χ4n) is 7.08. The summed E-state index contributed by atoms with van der Waals surface area (Å²) in [5.41, 5.74) is -0.337. The van der Waals surface area contributed by atoms with E-state index in [2.05, 4.69) is 15.4 Å². The van der Waals surface area contributed by atoms with Crippen LogP contribution in [-0.2, 0) is 47.0 Å². The van der Waals surface area contributed by atoms with E-state index in [9.17, 15) is 32.4 Å². The second-order valence-corrected chi connectivity index (χ2v) is 18.0. The van der Waals surface area contributed by atoms with Crippen molar-refractivity contribution in [2.45, 2.75) is 133 Å². The molecule has 3 N–H and O–H groups in total. The van der Waals surface area contributed by atoms with E-state index in [1.54, 1.807) is 32.6 Å². The minimum atomic E-state index is -3.99. The predicted molar refractivity (Wildman–Crippen MR) is 185 cm³/mol. The minimum absolute atomic E-state index is 0.0577. The van der Waals surface area contributed by atoms with Gasteiger partial charge in [0.15, 0.2) is 0 Å². The number of hydrogen-bond acceptors (Lipinski definition) is 9. The van der Waals surface area contributed by atoms with Crippen molar-refractivity contribution in [3.63, 3.8) is 0 Å². The molecule has 1 aromatic rings. The van der Waals surface area contributed by atoms with E-state index in [1.807, 2.05) is 36.4 Å². The van der Waals surface area contributed by atoms with Gasteiger partial charge < -0.3 is 25.0 Å². The van der Waals surface area contributed by atoms with Crippen molar-refractivity contribution in [1.29, 1.82) is 0 Å². The van der Waals surface area contributed by atoms with Crippen molar-refractivity contribution in [3.05, 3.63) is 47.5 Å². The zero-order valence-corrected chi connectivity index (χ0v) is 30.6. The lowest BCUT2D eigenvalue weighted by Gasteiger charge is -2.30. The van der Waals surface area contributed by atoms with Crippen molar-refractivity contribution in [3.8, 4) is 0 Å². The largest absolute Gasteiger partial charge is 0.444 e. The maximum atomic E-state index is 14.3. The molecule has 6 rings (SSSR count). The average molecular weight is 728 g/mol. The number of hydrogen-bond donors (Lipinski definition) is 3. The molecule has 14 nitrogen and oxygen atoms in total. The van der Waals surface area contributed by atoms with Crippen LogP contribution in [0.25, 0.3) is 0 Å². The van der Waals surface area contributed by atoms with Gasteiger partial charge in [0, 0.05) is 25.4 Å². The Hall–Kier alpha value is -4.14. The molecule has 0 aromatic heterocycles. The van der Waals surface area contributed by atoms with E-state index < -0.39 is 79.9 Å². The quantitative estimate of drug-likeness (QED) is 0.383. The zero-order chi connectivity index (χ0) is 36.8. The van der Waals surface area contributed by atoms with Crippen molar-refractivity contribution in [2.75, 3.05) is 6.54 Å². The number of nitrogens with one attached hydrogen (secondary N) is 3. The van der Waals surface area contributed by atoms with Crippen LogP contribution in [0.15, 0.2) is 36.4 Å². The summed E-state index contributed by atoms with van der Waals surface area (Å²) in [5.74, 6) is -2.50. The van der Waals surface area contributed by atoms with E-state index in [0.717, 1.165) is 24.0 Å². The van der Waals surface area contributed by atoms with Crippen molar-refractivity contribution >= 4 is 39.9 Å². The fourth-order valence-corrected chi connectivity index (χ4v) is 8.39. The normalized spacial score (nSPS) is 29.6. The number of nitrogens with zero attached hydrogens (tertiary/aromatic N) is 2. The van der Waals surface area contributed by atoms with Gasteiger partial charge in [0.2, 0.25) is 21.8 Å². The monoisotopic (exact) mass is 727 g/mol. The number of fused-ring (bicyclic) bond motifs is 3. The maximum absolute atomic E-state index is 14.3. The Kier molecular flexibility index (Phi) is 9.90.